The SMILES string of the molecule is Brc1ccc(-c2nn(-c3ccc4c(c3)OCCO4)c3c2CCCCN3)s1. The second kappa shape index (κ2) is 6.63. The summed E-state index contributed by atoms with van der Waals surface area (Å²) < 4.78 is 14.5. The molecule has 0 spiro atoms. The average molecular weight is 432 g/mol. The van der Waals surface area contributed by atoms with E-state index in [9.17, 15) is 0 Å². The molecule has 0 bridgehead atoms. The summed E-state index contributed by atoms with van der Waals surface area (Å²) in [5, 5.41) is 8.57. The highest BCUT2D eigenvalue weighted by atomic mass is 79.9. The number of ether oxygens (including phenoxy) is 2. The first-order valence-electron chi connectivity index (χ1n) is 8.81. The van der Waals surface area contributed by atoms with Gasteiger partial charge in [-0.2, -0.15) is 5.10 Å². The first-order valence-corrected chi connectivity index (χ1v) is 10.4. The predicted octanol–water partition coefficient (Wildman–Crippen LogP) is 4.88. The third-order valence-corrected chi connectivity index (χ3v) is 6.34. The molecule has 3 aromatic rings. The minimum atomic E-state index is 0.584. The third kappa shape index (κ3) is 2.79. The number of thiophene rings is 1. The minimum Gasteiger partial charge on any atom is -0.486 e. The Morgan fingerprint density at radius 1 is 1.08 bits per heavy atom. The number of benzene rings is 1. The summed E-state index contributed by atoms with van der Waals surface area (Å²) in [5.74, 6) is 2.68. The van der Waals surface area contributed by atoms with Gasteiger partial charge in [-0.05, 0) is 59.5 Å². The molecule has 5 nitrogen and oxygen atoms in total. The molecule has 0 fully saturated rings. The van der Waals surface area contributed by atoms with Gasteiger partial charge < -0.3 is 14.8 Å². The van der Waals surface area contributed by atoms with E-state index in [0.29, 0.717) is 13.2 Å². The fraction of sp³-hybridized carbons (Fsp3) is 0.316. The molecule has 4 heterocycles. The number of aromatic nitrogens is 2. The van der Waals surface area contributed by atoms with Gasteiger partial charge in [0.05, 0.1) is 14.4 Å². The van der Waals surface area contributed by atoms with Crippen LogP contribution in [-0.2, 0) is 6.42 Å². The van der Waals surface area contributed by atoms with Crippen molar-refractivity contribution < 1.29 is 9.47 Å². The molecule has 1 N–H and O–H groups in total. The normalized spacial score (nSPS) is 15.9. The lowest BCUT2D eigenvalue weighted by Crippen LogP contribution is -2.15. The molecule has 0 radical (unpaired) electrons. The first kappa shape index (κ1) is 16.2. The van der Waals surface area contributed by atoms with E-state index < -0.39 is 0 Å². The van der Waals surface area contributed by atoms with Gasteiger partial charge in [0.1, 0.15) is 24.7 Å². The van der Waals surface area contributed by atoms with Crippen LogP contribution in [-0.4, -0.2) is 29.5 Å². The van der Waals surface area contributed by atoms with Gasteiger partial charge in [0, 0.05) is 18.2 Å². The smallest absolute Gasteiger partial charge is 0.163 e. The standard InChI is InChI=1S/C19H18BrN3O2S/c20-17-7-6-16(26-17)18-13-3-1-2-8-21-19(13)23(22-18)12-4-5-14-15(11-12)25-10-9-24-14/h4-7,11,21H,1-3,8-10H2. The Kier molecular flexibility index (Phi) is 4.13. The lowest BCUT2D eigenvalue weighted by molar-refractivity contribution is 0.171. The number of nitrogens with zero attached hydrogens (tertiary/aromatic N) is 2. The quantitative estimate of drug-likeness (QED) is 0.627. The molecule has 5 rings (SSSR count). The molecule has 0 aliphatic carbocycles. The first-order chi connectivity index (χ1) is 12.8. The largest absolute Gasteiger partial charge is 0.486 e. The molecule has 0 amide bonds. The highest BCUT2D eigenvalue weighted by molar-refractivity contribution is 9.11. The summed E-state index contributed by atoms with van der Waals surface area (Å²) in [5.41, 5.74) is 3.36. The van der Waals surface area contributed by atoms with Crippen molar-refractivity contribution in [1.82, 2.24) is 9.78 Å². The van der Waals surface area contributed by atoms with Crippen molar-refractivity contribution in [1.29, 1.82) is 0 Å². The third-order valence-electron chi connectivity index (χ3n) is 4.71. The van der Waals surface area contributed by atoms with Crippen LogP contribution in [0.5, 0.6) is 11.5 Å². The molecule has 1 aromatic carbocycles. The van der Waals surface area contributed by atoms with Crippen molar-refractivity contribution in [2.75, 3.05) is 25.1 Å². The van der Waals surface area contributed by atoms with Gasteiger partial charge in [-0.25, -0.2) is 4.68 Å². The molecule has 2 aliphatic heterocycles. The van der Waals surface area contributed by atoms with Crippen molar-refractivity contribution in [2.24, 2.45) is 0 Å². The lowest BCUT2D eigenvalue weighted by Gasteiger charge is -2.19. The van der Waals surface area contributed by atoms with Gasteiger partial charge in [-0.3, -0.25) is 0 Å². The molecule has 0 saturated carbocycles. The van der Waals surface area contributed by atoms with Crippen LogP contribution >= 0.6 is 27.3 Å². The molecule has 2 aromatic heterocycles. The molecule has 0 unspecified atom stereocenters. The van der Waals surface area contributed by atoms with Crippen molar-refractivity contribution in [3.05, 3.63) is 39.7 Å². The Hall–Kier alpha value is -1.99. The van der Waals surface area contributed by atoms with Crippen LogP contribution in [0.4, 0.5) is 5.82 Å². The topological polar surface area (TPSA) is 48.3 Å². The van der Waals surface area contributed by atoms with Crippen molar-refractivity contribution in [2.45, 2.75) is 19.3 Å². The summed E-state index contributed by atoms with van der Waals surface area (Å²) in [4.78, 5) is 1.19. The van der Waals surface area contributed by atoms with Gasteiger partial charge in [0.25, 0.3) is 0 Å². The highest BCUT2D eigenvalue weighted by Crippen LogP contribution is 2.39. The highest BCUT2D eigenvalue weighted by Gasteiger charge is 2.23. The Bertz CT molecular complexity index is 966. The number of rotatable bonds is 2. The van der Waals surface area contributed by atoms with Gasteiger partial charge >= 0.3 is 0 Å². The van der Waals surface area contributed by atoms with Gasteiger partial charge in [0.15, 0.2) is 11.5 Å². The maximum Gasteiger partial charge on any atom is 0.163 e. The molecule has 2 aliphatic rings. The number of hydrogen-bond donors (Lipinski definition) is 1. The summed E-state index contributed by atoms with van der Waals surface area (Å²) in [6.45, 7) is 2.15. The van der Waals surface area contributed by atoms with Crippen LogP contribution in [0.2, 0.25) is 0 Å². The Balaban J connectivity index is 1.66. The Morgan fingerprint density at radius 2 is 1.96 bits per heavy atom. The summed E-state index contributed by atoms with van der Waals surface area (Å²) in [6, 6.07) is 10.2. The fourth-order valence-corrected chi connectivity index (χ4v) is 4.89. The fourth-order valence-electron chi connectivity index (χ4n) is 3.49. The summed E-state index contributed by atoms with van der Waals surface area (Å²) in [6.07, 6.45) is 3.38. The maximum atomic E-state index is 5.76. The van der Waals surface area contributed by atoms with E-state index in [1.165, 1.54) is 23.3 Å². The zero-order valence-electron chi connectivity index (χ0n) is 14.1. The molecule has 26 heavy (non-hydrogen) atoms. The van der Waals surface area contributed by atoms with Crippen LogP contribution < -0.4 is 14.8 Å². The van der Waals surface area contributed by atoms with E-state index in [0.717, 1.165) is 45.5 Å². The second-order valence-corrected chi connectivity index (χ2v) is 8.87. The van der Waals surface area contributed by atoms with E-state index in [-0.39, 0.29) is 0 Å². The van der Waals surface area contributed by atoms with Crippen LogP contribution in [0.3, 0.4) is 0 Å². The van der Waals surface area contributed by atoms with E-state index in [4.69, 9.17) is 14.6 Å². The summed E-state index contributed by atoms with van der Waals surface area (Å²) in [7, 11) is 0. The molecule has 134 valence electrons. The van der Waals surface area contributed by atoms with Crippen molar-refractivity contribution in [3.63, 3.8) is 0 Å². The van der Waals surface area contributed by atoms with Crippen LogP contribution in [0.1, 0.15) is 18.4 Å². The predicted molar refractivity (Wildman–Crippen MR) is 107 cm³/mol. The molecule has 0 atom stereocenters. The number of halogens is 1. The number of hydrogen-bond acceptors (Lipinski definition) is 5. The number of anilines is 1. The molecule has 7 heteroatoms. The molecule has 0 saturated heterocycles. The van der Waals surface area contributed by atoms with Gasteiger partial charge in [-0.15, -0.1) is 11.3 Å². The Labute approximate surface area is 164 Å². The Morgan fingerprint density at radius 3 is 2.81 bits per heavy atom. The number of nitrogens with one attached hydrogen (secondary N) is 1. The van der Waals surface area contributed by atoms with Crippen molar-refractivity contribution in [3.8, 4) is 27.8 Å². The minimum absolute atomic E-state index is 0.584. The van der Waals surface area contributed by atoms with Gasteiger partial charge in [0.2, 0.25) is 0 Å². The van der Waals surface area contributed by atoms with E-state index in [1.54, 1.807) is 11.3 Å². The second-order valence-electron chi connectivity index (χ2n) is 6.40. The number of fused-ring (bicyclic) bond motifs is 2. The molecular formula is C19H18BrN3O2S. The maximum absolute atomic E-state index is 5.76. The van der Waals surface area contributed by atoms with E-state index in [1.807, 2.05) is 22.9 Å². The lowest BCUT2D eigenvalue weighted by atomic mass is 10.1. The van der Waals surface area contributed by atoms with Crippen LogP contribution in [0.15, 0.2) is 34.1 Å². The van der Waals surface area contributed by atoms with E-state index >= 15 is 0 Å². The van der Waals surface area contributed by atoms with Crippen LogP contribution in [0, 0.1) is 0 Å². The summed E-state index contributed by atoms with van der Waals surface area (Å²) >= 11 is 5.29. The zero-order valence-corrected chi connectivity index (χ0v) is 16.5. The van der Waals surface area contributed by atoms with Crippen molar-refractivity contribution >= 4 is 33.1 Å². The average Bonchev–Trinajstić information content (AvgIpc) is 3.16. The van der Waals surface area contributed by atoms with E-state index in [2.05, 4.69) is 33.4 Å². The molecular weight excluding hydrogens is 414 g/mol. The zero-order chi connectivity index (χ0) is 17.5. The van der Waals surface area contributed by atoms with Gasteiger partial charge in [-0.1, -0.05) is 0 Å². The monoisotopic (exact) mass is 431 g/mol. The van der Waals surface area contributed by atoms with Crippen LogP contribution in [0.25, 0.3) is 16.3 Å².